The Balaban J connectivity index is 1.53. The highest BCUT2D eigenvalue weighted by molar-refractivity contribution is 5.79. The van der Waals surface area contributed by atoms with Crippen molar-refractivity contribution in [2.24, 2.45) is 16.7 Å². The average molecular weight is 365 g/mol. The van der Waals surface area contributed by atoms with Gasteiger partial charge in [0.2, 0.25) is 5.91 Å². The molecule has 3 saturated heterocycles. The summed E-state index contributed by atoms with van der Waals surface area (Å²) >= 11 is 0. The minimum atomic E-state index is -0.0809. The van der Waals surface area contributed by atoms with E-state index in [9.17, 15) is 9.59 Å². The third-order valence-electron chi connectivity index (χ3n) is 6.56. The highest BCUT2D eigenvalue weighted by Gasteiger charge is 2.44. The van der Waals surface area contributed by atoms with E-state index in [0.29, 0.717) is 23.8 Å². The molecule has 148 valence electrons. The number of nitrogens with one attached hydrogen (secondary N) is 3. The monoisotopic (exact) mass is 364 g/mol. The van der Waals surface area contributed by atoms with Crippen LogP contribution < -0.4 is 16.0 Å². The Kier molecular flexibility index (Phi) is 5.26. The lowest BCUT2D eigenvalue weighted by Crippen LogP contribution is -2.64. The molecule has 6 heteroatoms. The Hall–Kier alpha value is -1.30. The predicted octanol–water partition coefficient (Wildman–Crippen LogP) is 2.10. The van der Waals surface area contributed by atoms with Gasteiger partial charge < -0.3 is 20.9 Å². The summed E-state index contributed by atoms with van der Waals surface area (Å²) in [4.78, 5) is 26.6. The molecule has 3 heterocycles. The van der Waals surface area contributed by atoms with E-state index >= 15 is 0 Å². The van der Waals surface area contributed by atoms with Crippen molar-refractivity contribution in [2.45, 2.75) is 78.4 Å². The summed E-state index contributed by atoms with van der Waals surface area (Å²) in [6.07, 6.45) is 3.34. The van der Waals surface area contributed by atoms with Gasteiger partial charge in [0.15, 0.2) is 0 Å². The molecular formula is C20H36N4O2. The summed E-state index contributed by atoms with van der Waals surface area (Å²) in [6, 6.07) is 0.599. The van der Waals surface area contributed by atoms with Gasteiger partial charge in [-0.15, -0.1) is 0 Å². The van der Waals surface area contributed by atoms with Gasteiger partial charge in [0.05, 0.1) is 12.1 Å². The molecule has 3 rings (SSSR count). The fourth-order valence-electron chi connectivity index (χ4n) is 4.89. The van der Waals surface area contributed by atoms with Crippen molar-refractivity contribution in [1.82, 2.24) is 20.9 Å². The van der Waals surface area contributed by atoms with E-state index in [0.717, 1.165) is 38.9 Å². The molecule has 0 aromatic heterocycles. The third kappa shape index (κ3) is 4.00. The van der Waals surface area contributed by atoms with Crippen molar-refractivity contribution in [2.75, 3.05) is 19.6 Å². The lowest BCUT2D eigenvalue weighted by Gasteiger charge is -2.51. The maximum atomic E-state index is 12.8. The highest BCUT2D eigenvalue weighted by atomic mass is 16.2. The van der Waals surface area contributed by atoms with Crippen molar-refractivity contribution in [3.8, 4) is 0 Å². The van der Waals surface area contributed by atoms with Crippen LogP contribution in [0.4, 0.5) is 4.79 Å². The van der Waals surface area contributed by atoms with Gasteiger partial charge in [-0.3, -0.25) is 4.79 Å². The zero-order chi connectivity index (χ0) is 19.1. The average Bonchev–Trinajstić information content (AvgIpc) is 2.55. The molecular weight excluding hydrogens is 328 g/mol. The van der Waals surface area contributed by atoms with Crippen LogP contribution in [0.1, 0.15) is 60.3 Å². The zero-order valence-corrected chi connectivity index (χ0v) is 17.0. The van der Waals surface area contributed by atoms with Gasteiger partial charge in [0, 0.05) is 32.1 Å². The topological polar surface area (TPSA) is 73.5 Å². The van der Waals surface area contributed by atoms with Crippen molar-refractivity contribution >= 4 is 11.9 Å². The van der Waals surface area contributed by atoms with Crippen LogP contribution in [0.3, 0.4) is 0 Å². The van der Waals surface area contributed by atoms with E-state index in [1.807, 2.05) is 4.90 Å². The molecule has 3 atom stereocenters. The number of urea groups is 1. The molecule has 26 heavy (non-hydrogen) atoms. The Morgan fingerprint density at radius 3 is 2.35 bits per heavy atom. The normalized spacial score (nSPS) is 32.6. The Morgan fingerprint density at radius 2 is 1.85 bits per heavy atom. The molecule has 0 spiro atoms. The number of carbonyl (C=O) groups excluding carboxylic acids is 2. The van der Waals surface area contributed by atoms with Crippen molar-refractivity contribution in [3.05, 3.63) is 0 Å². The van der Waals surface area contributed by atoms with Gasteiger partial charge in [-0.2, -0.15) is 0 Å². The zero-order valence-electron chi connectivity index (χ0n) is 17.0. The van der Waals surface area contributed by atoms with Gasteiger partial charge in [-0.05, 0) is 36.0 Å². The quantitative estimate of drug-likeness (QED) is 0.702. The minimum Gasteiger partial charge on any atom is -0.351 e. The van der Waals surface area contributed by atoms with Crippen LogP contribution in [0.25, 0.3) is 0 Å². The lowest BCUT2D eigenvalue weighted by molar-refractivity contribution is -0.125. The number of hydrogen-bond donors (Lipinski definition) is 3. The Bertz CT molecular complexity index is 547. The van der Waals surface area contributed by atoms with E-state index in [2.05, 4.69) is 50.6 Å². The molecule has 0 aliphatic carbocycles. The molecule has 3 aliphatic heterocycles. The van der Waals surface area contributed by atoms with Crippen molar-refractivity contribution in [1.29, 1.82) is 0 Å². The summed E-state index contributed by atoms with van der Waals surface area (Å²) < 4.78 is 0. The predicted molar refractivity (Wildman–Crippen MR) is 103 cm³/mol. The molecule has 0 saturated carbocycles. The first-order valence-corrected chi connectivity index (χ1v) is 10.2. The summed E-state index contributed by atoms with van der Waals surface area (Å²) in [5.74, 6) is 0.756. The lowest BCUT2D eigenvalue weighted by atomic mass is 9.68. The molecule has 6 nitrogen and oxygen atoms in total. The van der Waals surface area contributed by atoms with Crippen LogP contribution in [-0.2, 0) is 4.79 Å². The van der Waals surface area contributed by atoms with Crippen LogP contribution in [0.15, 0.2) is 0 Å². The second-order valence-corrected chi connectivity index (χ2v) is 10.2. The summed E-state index contributed by atoms with van der Waals surface area (Å²) in [5, 5.41) is 9.87. The second-order valence-electron chi connectivity index (χ2n) is 10.2. The number of amides is 3. The number of piperidine rings is 2. The third-order valence-corrected chi connectivity index (χ3v) is 6.56. The Labute approximate surface area is 157 Å². The maximum Gasteiger partial charge on any atom is 0.317 e. The van der Waals surface area contributed by atoms with Crippen LogP contribution in [0, 0.1) is 16.7 Å². The molecule has 0 aromatic rings. The first kappa shape index (κ1) is 19.5. The molecule has 1 unspecified atom stereocenters. The smallest absolute Gasteiger partial charge is 0.317 e. The van der Waals surface area contributed by atoms with E-state index < -0.39 is 0 Å². The van der Waals surface area contributed by atoms with E-state index in [4.69, 9.17) is 0 Å². The van der Waals surface area contributed by atoms with Gasteiger partial charge >= 0.3 is 6.03 Å². The van der Waals surface area contributed by atoms with Crippen molar-refractivity contribution < 1.29 is 9.59 Å². The maximum absolute atomic E-state index is 12.8. The summed E-state index contributed by atoms with van der Waals surface area (Å²) in [7, 11) is 0. The van der Waals surface area contributed by atoms with Crippen molar-refractivity contribution in [3.63, 3.8) is 0 Å². The van der Waals surface area contributed by atoms with Gasteiger partial charge in [0.25, 0.3) is 0 Å². The van der Waals surface area contributed by atoms with Gasteiger partial charge in [-0.1, -0.05) is 34.6 Å². The van der Waals surface area contributed by atoms with Crippen LogP contribution in [0.5, 0.6) is 0 Å². The SMILES string of the molecule is CC1(C)CNC1C1CCN(C(=O)N[C@@H]2CCC(=O)N[C@H]2C(C)(C)C)CC1. The van der Waals surface area contributed by atoms with E-state index in [-0.39, 0.29) is 29.4 Å². The standard InChI is InChI=1S/C20H36N4O2/c1-19(2,3)17-14(6-7-15(25)23-17)22-18(26)24-10-8-13(9-11-24)16-20(4,5)12-21-16/h13-14,16-17,21H,6-12H2,1-5H3,(H,22,26)(H,23,25)/t14-,16?,17-/m1/s1. The van der Waals surface area contributed by atoms with Crippen LogP contribution in [0.2, 0.25) is 0 Å². The number of hydrogen-bond acceptors (Lipinski definition) is 3. The molecule has 0 radical (unpaired) electrons. The second kappa shape index (κ2) is 7.02. The van der Waals surface area contributed by atoms with E-state index in [1.165, 1.54) is 0 Å². The summed E-state index contributed by atoms with van der Waals surface area (Å²) in [5.41, 5.74) is 0.303. The first-order valence-electron chi connectivity index (χ1n) is 10.2. The molecule has 3 aliphatic rings. The summed E-state index contributed by atoms with van der Waals surface area (Å²) in [6.45, 7) is 13.7. The molecule has 3 N–H and O–H groups in total. The van der Waals surface area contributed by atoms with E-state index in [1.54, 1.807) is 0 Å². The Morgan fingerprint density at radius 1 is 1.19 bits per heavy atom. The molecule has 0 bridgehead atoms. The van der Waals surface area contributed by atoms with Crippen LogP contribution in [-0.4, -0.2) is 54.6 Å². The first-order chi connectivity index (χ1) is 12.1. The van der Waals surface area contributed by atoms with Gasteiger partial charge in [-0.25, -0.2) is 4.79 Å². The highest BCUT2D eigenvalue weighted by Crippen LogP contribution is 2.37. The largest absolute Gasteiger partial charge is 0.351 e. The molecule has 3 fully saturated rings. The fourth-order valence-corrected chi connectivity index (χ4v) is 4.89. The number of likely N-dealkylation sites (tertiary alicyclic amines) is 1. The molecule has 0 aromatic carbocycles. The molecule has 3 amide bonds. The van der Waals surface area contributed by atoms with Crippen LogP contribution >= 0.6 is 0 Å². The minimum absolute atomic E-state index is 0.00477. The van der Waals surface area contributed by atoms with Gasteiger partial charge in [0.1, 0.15) is 0 Å². The number of rotatable bonds is 2. The number of nitrogens with zero attached hydrogens (tertiary/aromatic N) is 1. The fraction of sp³-hybridized carbons (Fsp3) is 0.900. The number of carbonyl (C=O) groups is 2.